The molecule has 0 saturated carbocycles. The van der Waals surface area contributed by atoms with E-state index in [-0.39, 0.29) is 6.03 Å². The lowest BCUT2D eigenvalue weighted by Gasteiger charge is -2.17. The van der Waals surface area contributed by atoms with Crippen LogP contribution < -0.4 is 10.6 Å². The van der Waals surface area contributed by atoms with Crippen molar-refractivity contribution in [3.05, 3.63) is 23.1 Å². The van der Waals surface area contributed by atoms with E-state index in [2.05, 4.69) is 40.6 Å². The number of aromatic nitrogens is 1. The zero-order valence-electron chi connectivity index (χ0n) is 14.6. The van der Waals surface area contributed by atoms with E-state index >= 15 is 0 Å². The van der Waals surface area contributed by atoms with Gasteiger partial charge in [-0.05, 0) is 46.1 Å². The molecule has 6 nitrogen and oxygen atoms in total. The van der Waals surface area contributed by atoms with E-state index in [1.54, 1.807) is 6.92 Å². The lowest BCUT2D eigenvalue weighted by atomic mass is 10.1. The lowest BCUT2D eigenvalue weighted by Crippen LogP contribution is -2.34. The first-order valence-electron chi connectivity index (χ1n) is 8.35. The Morgan fingerprint density at radius 3 is 2.91 bits per heavy atom. The van der Waals surface area contributed by atoms with Crippen molar-refractivity contribution in [2.24, 2.45) is 5.92 Å². The van der Waals surface area contributed by atoms with E-state index in [1.165, 1.54) is 5.57 Å². The summed E-state index contributed by atoms with van der Waals surface area (Å²) in [5, 5.41) is 9.60. The van der Waals surface area contributed by atoms with Crippen LogP contribution in [0, 0.1) is 19.8 Å². The summed E-state index contributed by atoms with van der Waals surface area (Å²) in [7, 11) is 0. The maximum atomic E-state index is 12.0. The second-order valence-electron chi connectivity index (χ2n) is 6.38. The second kappa shape index (κ2) is 8.15. The number of amides is 2. The molecule has 0 radical (unpaired) electrons. The van der Waals surface area contributed by atoms with Gasteiger partial charge in [-0.15, -0.1) is 0 Å². The Morgan fingerprint density at radius 2 is 2.26 bits per heavy atom. The molecule has 1 aromatic rings. The van der Waals surface area contributed by atoms with E-state index in [1.807, 2.05) is 6.92 Å². The highest BCUT2D eigenvalue weighted by Gasteiger charge is 2.23. The predicted octanol–water partition coefficient (Wildman–Crippen LogP) is 3.09. The maximum absolute atomic E-state index is 12.0. The fourth-order valence-electron chi connectivity index (χ4n) is 3.05. The number of aryl methyl sites for hydroxylation is 2. The summed E-state index contributed by atoms with van der Waals surface area (Å²) in [4.78, 5) is 14.5. The molecule has 6 heteroatoms. The number of carbonyl (C=O) groups is 1. The molecule has 1 fully saturated rings. The van der Waals surface area contributed by atoms with Crippen molar-refractivity contribution in [1.29, 1.82) is 0 Å². The summed E-state index contributed by atoms with van der Waals surface area (Å²) in [5.41, 5.74) is 2.79. The third kappa shape index (κ3) is 5.10. The molecule has 0 bridgehead atoms. The number of nitrogens with one attached hydrogen (secondary N) is 2. The SMILES string of the molecule is CC/C=C(\C)CN1CC[C@@H](CNC(=O)Nc2c(C)noc2C)C1. The predicted molar refractivity (Wildman–Crippen MR) is 91.6 cm³/mol. The molecule has 128 valence electrons. The highest BCUT2D eigenvalue weighted by atomic mass is 16.5. The standard InChI is InChI=1S/C17H28N4O2/c1-5-6-12(2)10-21-8-7-15(11-21)9-18-17(22)19-16-13(3)20-23-14(16)4/h6,15H,5,7-11H2,1-4H3,(H2,18,19,22)/b12-6+/t15-/m0/s1. The van der Waals surface area contributed by atoms with E-state index in [9.17, 15) is 4.79 Å². The number of likely N-dealkylation sites (tertiary alicyclic amines) is 1. The number of anilines is 1. The van der Waals surface area contributed by atoms with Crippen molar-refractivity contribution >= 4 is 11.7 Å². The van der Waals surface area contributed by atoms with Crippen LogP contribution in [0.3, 0.4) is 0 Å². The van der Waals surface area contributed by atoms with E-state index in [0.29, 0.717) is 29.6 Å². The average molecular weight is 320 g/mol. The van der Waals surface area contributed by atoms with E-state index < -0.39 is 0 Å². The minimum absolute atomic E-state index is 0.195. The van der Waals surface area contributed by atoms with Gasteiger partial charge in [0.2, 0.25) is 0 Å². The molecule has 1 aliphatic heterocycles. The van der Waals surface area contributed by atoms with Crippen molar-refractivity contribution in [1.82, 2.24) is 15.4 Å². The first-order chi connectivity index (χ1) is 11.0. The average Bonchev–Trinajstić information content (AvgIpc) is 3.07. The monoisotopic (exact) mass is 320 g/mol. The van der Waals surface area contributed by atoms with Gasteiger partial charge in [-0.2, -0.15) is 0 Å². The normalized spacial score (nSPS) is 19.1. The Hall–Kier alpha value is -1.82. The Bertz CT molecular complexity index is 545. The molecule has 1 aromatic heterocycles. The number of nitrogens with zero attached hydrogens (tertiary/aromatic N) is 2. The van der Waals surface area contributed by atoms with E-state index in [4.69, 9.17) is 4.52 Å². The van der Waals surface area contributed by atoms with Crippen LogP contribution in [-0.2, 0) is 0 Å². The molecule has 2 rings (SSSR count). The molecular formula is C17H28N4O2. The summed E-state index contributed by atoms with van der Waals surface area (Å²) in [6, 6.07) is -0.195. The van der Waals surface area contributed by atoms with Crippen LogP contribution in [0.15, 0.2) is 16.2 Å². The molecule has 2 amide bonds. The zero-order valence-corrected chi connectivity index (χ0v) is 14.6. The molecule has 1 aliphatic rings. The molecule has 2 heterocycles. The summed E-state index contributed by atoms with van der Waals surface area (Å²) in [6.45, 7) is 11.8. The molecular weight excluding hydrogens is 292 g/mol. The Morgan fingerprint density at radius 1 is 1.48 bits per heavy atom. The number of rotatable bonds is 6. The van der Waals surface area contributed by atoms with E-state index in [0.717, 1.165) is 32.5 Å². The summed E-state index contributed by atoms with van der Waals surface area (Å²) in [5.74, 6) is 1.14. The second-order valence-corrected chi connectivity index (χ2v) is 6.38. The van der Waals surface area contributed by atoms with Gasteiger partial charge < -0.3 is 15.2 Å². The van der Waals surface area contributed by atoms with Crippen LogP contribution in [0.25, 0.3) is 0 Å². The third-order valence-electron chi connectivity index (χ3n) is 4.22. The summed E-state index contributed by atoms with van der Waals surface area (Å²) < 4.78 is 5.04. The van der Waals surface area contributed by atoms with Crippen LogP contribution in [0.5, 0.6) is 0 Å². The zero-order chi connectivity index (χ0) is 16.8. The van der Waals surface area contributed by atoms with Crippen molar-refractivity contribution in [2.75, 3.05) is 31.5 Å². The van der Waals surface area contributed by atoms with Crippen LogP contribution in [0.4, 0.5) is 10.5 Å². The molecule has 0 aliphatic carbocycles. The van der Waals surface area contributed by atoms with Crippen molar-refractivity contribution < 1.29 is 9.32 Å². The van der Waals surface area contributed by atoms with Crippen molar-refractivity contribution in [3.63, 3.8) is 0 Å². The Kier molecular flexibility index (Phi) is 6.21. The van der Waals surface area contributed by atoms with Gasteiger partial charge in [-0.25, -0.2) is 4.79 Å². The number of hydrogen-bond donors (Lipinski definition) is 2. The topological polar surface area (TPSA) is 70.4 Å². The molecule has 0 aromatic carbocycles. The van der Waals surface area contributed by atoms with Crippen molar-refractivity contribution in [2.45, 2.75) is 40.5 Å². The third-order valence-corrected chi connectivity index (χ3v) is 4.22. The molecule has 0 spiro atoms. The fourth-order valence-corrected chi connectivity index (χ4v) is 3.05. The first kappa shape index (κ1) is 17.5. The summed E-state index contributed by atoms with van der Waals surface area (Å²) >= 11 is 0. The minimum atomic E-state index is -0.195. The van der Waals surface area contributed by atoms with Gasteiger partial charge in [0.1, 0.15) is 11.4 Å². The molecule has 1 saturated heterocycles. The van der Waals surface area contributed by atoms with Crippen LogP contribution in [0.2, 0.25) is 0 Å². The number of carbonyl (C=O) groups excluding carboxylic acids is 1. The van der Waals surface area contributed by atoms with Crippen LogP contribution in [0.1, 0.15) is 38.1 Å². The fraction of sp³-hybridized carbons (Fsp3) is 0.647. The number of allylic oxidation sites excluding steroid dienone is 1. The van der Waals surface area contributed by atoms with Gasteiger partial charge >= 0.3 is 6.03 Å². The minimum Gasteiger partial charge on any atom is -0.359 e. The molecule has 2 N–H and O–H groups in total. The van der Waals surface area contributed by atoms with Gasteiger partial charge in [0, 0.05) is 19.6 Å². The maximum Gasteiger partial charge on any atom is 0.319 e. The van der Waals surface area contributed by atoms with Crippen molar-refractivity contribution in [3.8, 4) is 0 Å². The van der Waals surface area contributed by atoms with Crippen LogP contribution >= 0.6 is 0 Å². The number of urea groups is 1. The molecule has 23 heavy (non-hydrogen) atoms. The van der Waals surface area contributed by atoms with Gasteiger partial charge in [0.15, 0.2) is 5.76 Å². The summed E-state index contributed by atoms with van der Waals surface area (Å²) in [6.07, 6.45) is 4.50. The highest BCUT2D eigenvalue weighted by molar-refractivity contribution is 5.90. The quantitative estimate of drug-likeness (QED) is 0.790. The van der Waals surface area contributed by atoms with Gasteiger partial charge in [0.05, 0.1) is 0 Å². The highest BCUT2D eigenvalue weighted by Crippen LogP contribution is 2.19. The largest absolute Gasteiger partial charge is 0.359 e. The van der Waals surface area contributed by atoms with Crippen LogP contribution in [-0.4, -0.2) is 42.3 Å². The number of hydrogen-bond acceptors (Lipinski definition) is 4. The van der Waals surface area contributed by atoms with Gasteiger partial charge in [-0.3, -0.25) is 4.90 Å². The Balaban J connectivity index is 1.72. The van der Waals surface area contributed by atoms with Gasteiger partial charge in [-0.1, -0.05) is 23.7 Å². The smallest absolute Gasteiger partial charge is 0.319 e. The Labute approximate surface area is 138 Å². The lowest BCUT2D eigenvalue weighted by molar-refractivity contribution is 0.250. The van der Waals surface area contributed by atoms with Gasteiger partial charge in [0.25, 0.3) is 0 Å². The molecule has 1 atom stereocenters. The first-order valence-corrected chi connectivity index (χ1v) is 8.35. The molecule has 0 unspecified atom stereocenters.